The van der Waals surface area contributed by atoms with Crippen LogP contribution in [0.3, 0.4) is 0 Å². The number of aliphatic hydroxyl groups excluding tert-OH is 1. The van der Waals surface area contributed by atoms with E-state index in [1.165, 1.54) is 0 Å². The number of alkyl halides is 3. The van der Waals surface area contributed by atoms with Gasteiger partial charge in [0.25, 0.3) is 0 Å². The van der Waals surface area contributed by atoms with Crippen molar-refractivity contribution in [3.8, 4) is 0 Å². The number of halogens is 3. The van der Waals surface area contributed by atoms with Crippen molar-refractivity contribution < 1.29 is 23.0 Å². The fraction of sp³-hybridized carbons (Fsp3) is 1.00. The van der Waals surface area contributed by atoms with Crippen molar-refractivity contribution in [3.63, 3.8) is 0 Å². The van der Waals surface area contributed by atoms with Crippen LogP contribution in [0, 0.1) is 0 Å². The highest BCUT2D eigenvalue weighted by molar-refractivity contribution is 4.63. The number of rotatable bonds is 6. The third-order valence-electron chi connectivity index (χ3n) is 1.45. The topological polar surface area (TPSA) is 41.5 Å². The van der Waals surface area contributed by atoms with Crippen LogP contribution in [0.15, 0.2) is 0 Å². The van der Waals surface area contributed by atoms with Gasteiger partial charge in [-0.1, -0.05) is 13.8 Å². The van der Waals surface area contributed by atoms with Crippen LogP contribution in [-0.2, 0) is 4.74 Å². The van der Waals surface area contributed by atoms with E-state index in [1.54, 1.807) is 0 Å². The molecule has 0 aromatic rings. The Balaban J connectivity index is 3.37. The molecule has 0 saturated heterocycles. The second kappa shape index (κ2) is 6.21. The van der Waals surface area contributed by atoms with Gasteiger partial charge in [0.15, 0.2) is 6.10 Å². The molecule has 14 heavy (non-hydrogen) atoms. The van der Waals surface area contributed by atoms with Gasteiger partial charge in [-0.05, 0) is 0 Å². The lowest BCUT2D eigenvalue weighted by molar-refractivity contribution is -0.217. The lowest BCUT2D eigenvalue weighted by Crippen LogP contribution is -2.34. The maximum absolute atomic E-state index is 11.7. The van der Waals surface area contributed by atoms with Crippen LogP contribution in [0.4, 0.5) is 13.2 Å². The summed E-state index contributed by atoms with van der Waals surface area (Å²) < 4.78 is 39.9. The second-order valence-corrected chi connectivity index (χ2v) is 3.24. The summed E-state index contributed by atoms with van der Waals surface area (Å²) in [7, 11) is 0. The van der Waals surface area contributed by atoms with Gasteiger partial charge in [0, 0.05) is 12.6 Å². The molecule has 1 atom stereocenters. The summed E-state index contributed by atoms with van der Waals surface area (Å²) in [5.74, 6) is 0. The van der Waals surface area contributed by atoms with Gasteiger partial charge in [-0.25, -0.2) is 0 Å². The Morgan fingerprint density at radius 2 is 1.93 bits per heavy atom. The van der Waals surface area contributed by atoms with Gasteiger partial charge in [0.1, 0.15) is 0 Å². The average Bonchev–Trinajstić information content (AvgIpc) is 2.01. The van der Waals surface area contributed by atoms with E-state index in [-0.39, 0.29) is 12.6 Å². The first kappa shape index (κ1) is 13.7. The van der Waals surface area contributed by atoms with E-state index in [0.717, 1.165) is 0 Å². The van der Waals surface area contributed by atoms with Crippen molar-refractivity contribution in [1.29, 1.82) is 0 Å². The molecule has 0 rings (SSSR count). The summed E-state index contributed by atoms with van der Waals surface area (Å²) in [5.41, 5.74) is 0. The first-order valence-electron chi connectivity index (χ1n) is 4.40. The molecule has 0 saturated carbocycles. The molecule has 2 N–H and O–H groups in total. The zero-order chi connectivity index (χ0) is 11.2. The molecule has 0 aliphatic heterocycles. The number of nitrogens with one attached hydrogen (secondary N) is 1. The third kappa shape index (κ3) is 7.11. The van der Waals surface area contributed by atoms with Gasteiger partial charge >= 0.3 is 6.18 Å². The minimum absolute atomic E-state index is 0.158. The number of hydrogen-bond donors (Lipinski definition) is 2. The van der Waals surface area contributed by atoms with Gasteiger partial charge in [-0.15, -0.1) is 0 Å². The quantitative estimate of drug-likeness (QED) is 0.647. The summed E-state index contributed by atoms with van der Waals surface area (Å²) in [5, 5.41) is 11.5. The second-order valence-electron chi connectivity index (χ2n) is 3.24. The SMILES string of the molecule is CC(C)NCCOCC(O)C(F)(F)F. The minimum atomic E-state index is -4.59. The van der Waals surface area contributed by atoms with E-state index in [2.05, 4.69) is 10.1 Å². The van der Waals surface area contributed by atoms with E-state index in [9.17, 15) is 13.2 Å². The average molecular weight is 215 g/mol. The van der Waals surface area contributed by atoms with E-state index in [4.69, 9.17) is 5.11 Å². The zero-order valence-corrected chi connectivity index (χ0v) is 8.27. The number of hydrogen-bond acceptors (Lipinski definition) is 3. The Kier molecular flexibility index (Phi) is 6.06. The van der Waals surface area contributed by atoms with Gasteiger partial charge in [-0.2, -0.15) is 13.2 Å². The Morgan fingerprint density at radius 1 is 1.36 bits per heavy atom. The highest BCUT2D eigenvalue weighted by atomic mass is 19.4. The van der Waals surface area contributed by atoms with Crippen molar-refractivity contribution in [3.05, 3.63) is 0 Å². The lowest BCUT2D eigenvalue weighted by Gasteiger charge is -2.15. The number of aliphatic hydroxyl groups is 1. The Morgan fingerprint density at radius 3 is 2.36 bits per heavy atom. The molecule has 0 amide bonds. The minimum Gasteiger partial charge on any atom is -0.382 e. The zero-order valence-electron chi connectivity index (χ0n) is 8.27. The van der Waals surface area contributed by atoms with Crippen molar-refractivity contribution in [2.75, 3.05) is 19.8 Å². The molecule has 86 valence electrons. The fourth-order valence-corrected chi connectivity index (χ4v) is 0.709. The van der Waals surface area contributed by atoms with E-state index < -0.39 is 18.9 Å². The molecule has 0 heterocycles. The molecule has 0 bridgehead atoms. The summed E-state index contributed by atoms with van der Waals surface area (Å²) in [6, 6.07) is 0.270. The van der Waals surface area contributed by atoms with Gasteiger partial charge < -0.3 is 15.2 Å². The van der Waals surface area contributed by atoms with E-state index in [0.29, 0.717) is 6.54 Å². The standard InChI is InChI=1S/C8H16F3NO2/c1-6(2)12-3-4-14-5-7(13)8(9,10)11/h6-7,12-13H,3-5H2,1-2H3. The highest BCUT2D eigenvalue weighted by Gasteiger charge is 2.38. The van der Waals surface area contributed by atoms with Crippen LogP contribution in [0.1, 0.15) is 13.8 Å². The summed E-state index contributed by atoms with van der Waals surface area (Å²) in [6.45, 7) is 3.77. The van der Waals surface area contributed by atoms with Crippen LogP contribution in [0.25, 0.3) is 0 Å². The summed E-state index contributed by atoms with van der Waals surface area (Å²) >= 11 is 0. The Bertz CT molecular complexity index is 150. The Labute approximate surface area is 81.2 Å². The van der Waals surface area contributed by atoms with Crippen LogP contribution in [0.5, 0.6) is 0 Å². The highest BCUT2D eigenvalue weighted by Crippen LogP contribution is 2.19. The molecular formula is C8H16F3NO2. The third-order valence-corrected chi connectivity index (χ3v) is 1.45. The largest absolute Gasteiger partial charge is 0.416 e. The van der Waals surface area contributed by atoms with Crippen LogP contribution in [0.2, 0.25) is 0 Å². The molecule has 0 aromatic heterocycles. The molecule has 0 aliphatic carbocycles. The molecule has 3 nitrogen and oxygen atoms in total. The van der Waals surface area contributed by atoms with Crippen molar-refractivity contribution in [1.82, 2.24) is 5.32 Å². The van der Waals surface area contributed by atoms with Gasteiger partial charge in [0.05, 0.1) is 13.2 Å². The van der Waals surface area contributed by atoms with Crippen LogP contribution in [-0.4, -0.2) is 43.2 Å². The van der Waals surface area contributed by atoms with Gasteiger partial charge in [-0.3, -0.25) is 0 Å². The van der Waals surface area contributed by atoms with Crippen LogP contribution < -0.4 is 5.32 Å². The molecule has 0 aliphatic rings. The molecule has 0 aromatic carbocycles. The molecular weight excluding hydrogens is 199 g/mol. The smallest absolute Gasteiger partial charge is 0.382 e. The first-order valence-corrected chi connectivity index (χ1v) is 4.40. The van der Waals surface area contributed by atoms with Crippen molar-refractivity contribution >= 4 is 0 Å². The van der Waals surface area contributed by atoms with Gasteiger partial charge in [0.2, 0.25) is 0 Å². The predicted octanol–water partition coefficient (Wildman–Crippen LogP) is 0.924. The molecule has 1 unspecified atom stereocenters. The molecule has 0 fully saturated rings. The summed E-state index contributed by atoms with van der Waals surface area (Å²) in [4.78, 5) is 0. The lowest BCUT2D eigenvalue weighted by atomic mass is 10.4. The maximum Gasteiger partial charge on any atom is 0.416 e. The number of ether oxygens (including phenoxy) is 1. The molecule has 0 radical (unpaired) electrons. The maximum atomic E-state index is 11.7. The molecule has 6 heteroatoms. The van der Waals surface area contributed by atoms with E-state index >= 15 is 0 Å². The first-order chi connectivity index (χ1) is 6.34. The van der Waals surface area contributed by atoms with E-state index in [1.807, 2.05) is 13.8 Å². The van der Waals surface area contributed by atoms with Crippen molar-refractivity contribution in [2.24, 2.45) is 0 Å². The normalized spacial score (nSPS) is 14.8. The predicted molar refractivity (Wildman–Crippen MR) is 46.0 cm³/mol. The fourth-order valence-electron chi connectivity index (χ4n) is 0.709. The Hall–Kier alpha value is -0.330. The van der Waals surface area contributed by atoms with Crippen LogP contribution >= 0.6 is 0 Å². The molecule has 0 spiro atoms. The summed E-state index contributed by atoms with van der Waals surface area (Å²) in [6.07, 6.45) is -6.98. The van der Waals surface area contributed by atoms with Crippen molar-refractivity contribution in [2.45, 2.75) is 32.2 Å². The monoisotopic (exact) mass is 215 g/mol.